The summed E-state index contributed by atoms with van der Waals surface area (Å²) >= 11 is 1.21. The molecule has 0 aromatic heterocycles. The Balaban J connectivity index is 1.99. The molecular formula is C28H22FNO3S. The Morgan fingerprint density at radius 2 is 1.71 bits per heavy atom. The highest BCUT2D eigenvalue weighted by atomic mass is 32.2. The van der Waals surface area contributed by atoms with Gasteiger partial charge in [-0.05, 0) is 53.1 Å². The van der Waals surface area contributed by atoms with Crippen molar-refractivity contribution >= 4 is 28.4 Å². The van der Waals surface area contributed by atoms with E-state index in [1.165, 1.54) is 23.9 Å². The summed E-state index contributed by atoms with van der Waals surface area (Å²) < 4.78 is 18.3. The fraction of sp³-hybridized carbons (Fsp3) is 0.107. The van der Waals surface area contributed by atoms with Crippen molar-refractivity contribution in [2.75, 3.05) is 6.61 Å². The lowest BCUT2D eigenvalue weighted by Gasteiger charge is -2.33. The van der Waals surface area contributed by atoms with Crippen molar-refractivity contribution in [1.29, 1.82) is 0 Å². The zero-order chi connectivity index (χ0) is 24.0. The van der Waals surface area contributed by atoms with Crippen LogP contribution in [0.3, 0.4) is 0 Å². The summed E-state index contributed by atoms with van der Waals surface area (Å²) in [7, 11) is 0. The van der Waals surface area contributed by atoms with Crippen molar-refractivity contribution < 1.29 is 19.1 Å². The molecule has 0 saturated heterocycles. The number of carbonyl (C=O) groups excluding carboxylic acids is 1. The number of para-hydroxylation sites is 1. The van der Waals surface area contributed by atoms with Gasteiger partial charge in [0.05, 0.1) is 4.90 Å². The molecule has 0 heterocycles. The van der Waals surface area contributed by atoms with Gasteiger partial charge in [-0.25, -0.2) is 9.87 Å². The number of hydrogen-bond donors (Lipinski definition) is 2. The molecule has 4 nitrogen and oxygen atoms in total. The van der Waals surface area contributed by atoms with Crippen LogP contribution in [0.4, 0.5) is 4.39 Å². The third kappa shape index (κ3) is 4.49. The van der Waals surface area contributed by atoms with Crippen LogP contribution in [0.1, 0.15) is 18.1 Å². The molecule has 0 aliphatic carbocycles. The first-order chi connectivity index (χ1) is 16.6. The Morgan fingerprint density at radius 3 is 2.47 bits per heavy atom. The van der Waals surface area contributed by atoms with Crippen molar-refractivity contribution in [2.24, 2.45) is 0 Å². The molecule has 0 radical (unpaired) electrons. The summed E-state index contributed by atoms with van der Waals surface area (Å²) in [6.45, 7) is 1.92. The van der Waals surface area contributed by atoms with Gasteiger partial charge in [0.1, 0.15) is 18.2 Å². The van der Waals surface area contributed by atoms with Gasteiger partial charge in [-0.15, -0.1) is 5.92 Å². The van der Waals surface area contributed by atoms with Crippen LogP contribution in [0, 0.1) is 17.7 Å². The minimum Gasteiger partial charge on any atom is -0.480 e. The highest BCUT2D eigenvalue weighted by molar-refractivity contribution is 8.01. The molecule has 6 heteroatoms. The molecule has 34 heavy (non-hydrogen) atoms. The van der Waals surface area contributed by atoms with E-state index in [1.54, 1.807) is 25.1 Å². The average molecular weight is 472 g/mol. The highest BCUT2D eigenvalue weighted by Crippen LogP contribution is 2.51. The minimum atomic E-state index is -1.46. The molecule has 0 aliphatic rings. The second kappa shape index (κ2) is 10.4. The number of hydroxylamine groups is 1. The lowest BCUT2D eigenvalue weighted by Crippen LogP contribution is -2.42. The van der Waals surface area contributed by atoms with Crippen LogP contribution in [0.25, 0.3) is 10.8 Å². The molecule has 1 unspecified atom stereocenters. The molecule has 0 fully saturated rings. The Kier molecular flexibility index (Phi) is 7.17. The van der Waals surface area contributed by atoms with Crippen molar-refractivity contribution in [2.45, 2.75) is 16.6 Å². The van der Waals surface area contributed by atoms with Gasteiger partial charge < -0.3 is 4.74 Å². The minimum absolute atomic E-state index is 0.193. The van der Waals surface area contributed by atoms with E-state index in [0.717, 1.165) is 10.8 Å². The molecule has 4 aromatic rings. The van der Waals surface area contributed by atoms with Gasteiger partial charge in [0, 0.05) is 0 Å². The Morgan fingerprint density at radius 1 is 1.00 bits per heavy atom. The molecule has 4 rings (SSSR count). The highest BCUT2D eigenvalue weighted by Gasteiger charge is 2.45. The number of fused-ring (bicyclic) bond motifs is 1. The fourth-order valence-electron chi connectivity index (χ4n) is 3.87. The van der Waals surface area contributed by atoms with E-state index < -0.39 is 16.5 Å². The number of rotatable bonds is 7. The summed E-state index contributed by atoms with van der Waals surface area (Å²) in [5.74, 6) is 5.13. The van der Waals surface area contributed by atoms with Crippen molar-refractivity contribution in [3.8, 4) is 17.6 Å². The first-order valence-corrected chi connectivity index (χ1v) is 11.4. The van der Waals surface area contributed by atoms with Crippen LogP contribution < -0.4 is 10.2 Å². The van der Waals surface area contributed by atoms with E-state index in [1.807, 2.05) is 66.1 Å². The molecule has 1 amide bonds. The molecule has 0 saturated carbocycles. The number of carbonyl (C=O) groups is 1. The molecule has 2 N–H and O–H groups in total. The predicted octanol–water partition coefficient (Wildman–Crippen LogP) is 5.92. The second-order valence-corrected chi connectivity index (χ2v) is 8.68. The number of benzene rings is 4. The Labute approximate surface area is 201 Å². The van der Waals surface area contributed by atoms with Crippen LogP contribution in [-0.4, -0.2) is 17.7 Å². The van der Waals surface area contributed by atoms with Crippen molar-refractivity contribution in [3.63, 3.8) is 0 Å². The van der Waals surface area contributed by atoms with Crippen molar-refractivity contribution in [1.82, 2.24) is 5.48 Å². The summed E-state index contributed by atoms with van der Waals surface area (Å²) in [6.07, 6.45) is 0. The zero-order valence-corrected chi connectivity index (χ0v) is 19.2. The maximum Gasteiger partial charge on any atom is 0.269 e. The average Bonchev–Trinajstić information content (AvgIpc) is 2.88. The third-order valence-corrected chi connectivity index (χ3v) is 6.93. The topological polar surface area (TPSA) is 58.6 Å². The van der Waals surface area contributed by atoms with E-state index in [0.29, 0.717) is 21.8 Å². The Hall–Kier alpha value is -3.79. The van der Waals surface area contributed by atoms with Gasteiger partial charge in [0.25, 0.3) is 5.91 Å². The van der Waals surface area contributed by atoms with E-state index in [-0.39, 0.29) is 6.61 Å². The van der Waals surface area contributed by atoms with E-state index in [9.17, 15) is 14.4 Å². The lowest BCUT2D eigenvalue weighted by atomic mass is 9.86. The van der Waals surface area contributed by atoms with Gasteiger partial charge in [-0.2, -0.15) is 0 Å². The summed E-state index contributed by atoms with van der Waals surface area (Å²) in [5, 5.41) is 11.7. The number of halogens is 1. The van der Waals surface area contributed by atoms with Crippen LogP contribution in [0.15, 0.2) is 95.9 Å². The van der Waals surface area contributed by atoms with E-state index in [2.05, 4.69) is 11.8 Å². The monoisotopic (exact) mass is 471 g/mol. The van der Waals surface area contributed by atoms with Gasteiger partial charge >= 0.3 is 0 Å². The number of ether oxygens (including phenoxy) is 1. The van der Waals surface area contributed by atoms with Gasteiger partial charge in [-0.3, -0.25) is 10.0 Å². The molecule has 0 aliphatic heterocycles. The molecule has 4 aromatic carbocycles. The zero-order valence-electron chi connectivity index (χ0n) is 18.4. The number of hydrogen-bond acceptors (Lipinski definition) is 4. The predicted molar refractivity (Wildman–Crippen MR) is 132 cm³/mol. The third-order valence-electron chi connectivity index (χ3n) is 5.43. The fourth-order valence-corrected chi connectivity index (χ4v) is 5.25. The summed E-state index contributed by atoms with van der Waals surface area (Å²) in [6, 6.07) is 26.4. The quantitative estimate of drug-likeness (QED) is 0.152. The lowest BCUT2D eigenvalue weighted by molar-refractivity contribution is -0.130. The van der Waals surface area contributed by atoms with Gasteiger partial charge in [0.2, 0.25) is 0 Å². The maximum absolute atomic E-state index is 13.9. The van der Waals surface area contributed by atoms with E-state index in [4.69, 9.17) is 4.74 Å². The molecular weight excluding hydrogens is 449 g/mol. The molecule has 170 valence electrons. The largest absolute Gasteiger partial charge is 0.480 e. The molecule has 0 bridgehead atoms. The Bertz CT molecular complexity index is 1370. The SMILES string of the molecule is CC#CCOc1ccccc1SC(C(=O)NO)(c1ccc(F)cc1)c1cccc2ccccc12. The van der Waals surface area contributed by atoms with Crippen LogP contribution in [0.2, 0.25) is 0 Å². The van der Waals surface area contributed by atoms with Crippen molar-refractivity contribution in [3.05, 3.63) is 108 Å². The maximum atomic E-state index is 13.9. The number of nitrogens with one attached hydrogen (secondary N) is 1. The van der Waals surface area contributed by atoms with Gasteiger partial charge in [0.15, 0.2) is 4.75 Å². The first-order valence-electron chi connectivity index (χ1n) is 10.6. The standard InChI is InChI=1S/C28H22FNO3S/c1-2-3-19-33-25-13-6-7-14-26(25)34-28(27(31)30-32,21-15-17-22(29)18-16-21)24-12-8-10-20-9-4-5-11-23(20)24/h4-18,32H,19H2,1H3,(H,30,31). The first kappa shape index (κ1) is 23.4. The number of thioether (sulfide) groups is 1. The van der Waals surface area contributed by atoms with E-state index >= 15 is 0 Å². The smallest absolute Gasteiger partial charge is 0.269 e. The van der Waals surface area contributed by atoms with Gasteiger partial charge in [-0.1, -0.05) is 84.4 Å². The normalized spacial score (nSPS) is 12.3. The van der Waals surface area contributed by atoms with Crippen LogP contribution >= 0.6 is 11.8 Å². The summed E-state index contributed by atoms with van der Waals surface area (Å²) in [5.41, 5.74) is 3.01. The van der Waals surface area contributed by atoms with Crippen LogP contribution in [-0.2, 0) is 9.54 Å². The number of amides is 1. The van der Waals surface area contributed by atoms with Crippen LogP contribution in [0.5, 0.6) is 5.75 Å². The molecule has 0 spiro atoms. The molecule has 1 atom stereocenters. The summed E-state index contributed by atoms with van der Waals surface area (Å²) in [4.78, 5) is 14.3. The second-order valence-electron chi connectivity index (χ2n) is 7.42.